The van der Waals surface area contributed by atoms with Crippen molar-refractivity contribution in [1.29, 1.82) is 0 Å². The summed E-state index contributed by atoms with van der Waals surface area (Å²) in [4.78, 5) is 22.5. The molecule has 1 unspecified atom stereocenters. The molecule has 118 valence electrons. The monoisotopic (exact) mass is 354 g/mol. The molecule has 0 bridgehead atoms. The van der Waals surface area contributed by atoms with Crippen molar-refractivity contribution in [2.24, 2.45) is 5.41 Å². The minimum atomic E-state index is -5.20. The topological polar surface area (TPSA) is 135 Å². The fraction of sp³-hybridized carbons (Fsp3) is 0.833. The molecule has 0 rings (SSSR count). The Morgan fingerprint density at radius 1 is 1.00 bits per heavy atom. The van der Waals surface area contributed by atoms with Gasteiger partial charge in [0.15, 0.2) is 0 Å². The molecule has 10 heteroatoms. The van der Waals surface area contributed by atoms with Crippen molar-refractivity contribution >= 4 is 22.1 Å². The second-order valence-corrected chi connectivity index (χ2v) is 6.96. The van der Waals surface area contributed by atoms with Gasteiger partial charge in [-0.05, 0) is 6.42 Å². The SMILES string of the molecule is CCCCCCC(C(=O)[O-])(C(C)(C)C(=O)[O-])S(=O)(=O)O.[Na+].[Na+]. The number of aliphatic carboxylic acids is 2. The van der Waals surface area contributed by atoms with Gasteiger partial charge in [-0.1, -0.05) is 46.5 Å². The first-order chi connectivity index (χ1) is 8.95. The molecule has 0 radical (unpaired) electrons. The van der Waals surface area contributed by atoms with Gasteiger partial charge in [0, 0.05) is 11.4 Å². The van der Waals surface area contributed by atoms with E-state index in [1.54, 1.807) is 0 Å². The smallest absolute Gasteiger partial charge is 0.550 e. The Kier molecular flexibility index (Phi) is 13.4. The number of hydrogen-bond acceptors (Lipinski definition) is 6. The van der Waals surface area contributed by atoms with Crippen molar-refractivity contribution in [1.82, 2.24) is 0 Å². The summed E-state index contributed by atoms with van der Waals surface area (Å²) in [5, 5.41) is 22.5. The second-order valence-electron chi connectivity index (χ2n) is 5.31. The zero-order chi connectivity index (χ0) is 16.2. The average Bonchev–Trinajstić information content (AvgIpc) is 2.26. The van der Waals surface area contributed by atoms with Crippen LogP contribution in [0.15, 0.2) is 0 Å². The summed E-state index contributed by atoms with van der Waals surface area (Å²) in [5.74, 6) is -4.01. The van der Waals surface area contributed by atoms with Crippen LogP contribution in [0.4, 0.5) is 0 Å². The number of rotatable bonds is 9. The molecular formula is C12H20Na2O7S. The van der Waals surface area contributed by atoms with Crippen LogP contribution in [0.1, 0.15) is 52.9 Å². The second kappa shape index (κ2) is 10.7. The molecular weight excluding hydrogens is 334 g/mol. The van der Waals surface area contributed by atoms with Crippen LogP contribution in [-0.4, -0.2) is 29.7 Å². The Labute approximate surface area is 175 Å². The largest absolute Gasteiger partial charge is 1.00 e. The quantitative estimate of drug-likeness (QED) is 0.247. The van der Waals surface area contributed by atoms with Crippen molar-refractivity contribution in [3.05, 3.63) is 0 Å². The summed E-state index contributed by atoms with van der Waals surface area (Å²) >= 11 is 0. The molecule has 0 aromatic rings. The van der Waals surface area contributed by atoms with Crippen LogP contribution in [-0.2, 0) is 19.7 Å². The van der Waals surface area contributed by atoms with Gasteiger partial charge in [-0.25, -0.2) is 0 Å². The third-order valence-corrected chi connectivity index (χ3v) is 5.43. The van der Waals surface area contributed by atoms with Crippen molar-refractivity contribution in [3.63, 3.8) is 0 Å². The Hall–Kier alpha value is 0.850. The normalized spacial score (nSPS) is 14.2. The number of carboxylic acids is 2. The number of carboxylic acid groups (broad SMARTS) is 2. The van der Waals surface area contributed by atoms with E-state index < -0.39 is 38.6 Å². The van der Waals surface area contributed by atoms with Gasteiger partial charge in [0.2, 0.25) is 0 Å². The van der Waals surface area contributed by atoms with Gasteiger partial charge in [-0.3, -0.25) is 4.55 Å². The molecule has 0 aliphatic rings. The van der Waals surface area contributed by atoms with Gasteiger partial charge in [-0.15, -0.1) is 0 Å². The first kappa shape index (κ1) is 27.7. The van der Waals surface area contributed by atoms with E-state index in [0.29, 0.717) is 6.42 Å². The molecule has 7 nitrogen and oxygen atoms in total. The average molecular weight is 354 g/mol. The number of carbonyl (C=O) groups excluding carboxylic acids is 2. The van der Waals surface area contributed by atoms with E-state index in [1.807, 2.05) is 6.92 Å². The first-order valence-corrected chi connectivity index (χ1v) is 7.79. The minimum Gasteiger partial charge on any atom is -0.550 e. The Bertz CT molecular complexity index is 476. The van der Waals surface area contributed by atoms with E-state index in [2.05, 4.69) is 0 Å². The standard InChI is InChI=1S/C12H22O7S.2Na/c1-4-5-6-7-8-12(10(15)16,20(17,18)19)11(2,3)9(13)14;;/h4-8H2,1-3H3,(H,13,14)(H,15,16)(H,17,18,19);;/q;2*+1/p-2. The fourth-order valence-electron chi connectivity index (χ4n) is 2.19. The van der Waals surface area contributed by atoms with E-state index in [9.17, 15) is 32.8 Å². The predicted octanol–water partition coefficient (Wildman–Crippen LogP) is -6.88. The van der Waals surface area contributed by atoms with Crippen LogP contribution in [0, 0.1) is 5.41 Å². The molecule has 0 heterocycles. The van der Waals surface area contributed by atoms with Crippen molar-refractivity contribution in [3.8, 4) is 0 Å². The molecule has 0 saturated heterocycles. The summed E-state index contributed by atoms with van der Waals surface area (Å²) in [6.07, 6.45) is 1.67. The van der Waals surface area contributed by atoms with Crippen LogP contribution in [0.3, 0.4) is 0 Å². The molecule has 22 heavy (non-hydrogen) atoms. The van der Waals surface area contributed by atoms with E-state index in [1.165, 1.54) is 0 Å². The van der Waals surface area contributed by atoms with Crippen molar-refractivity contribution in [2.75, 3.05) is 0 Å². The van der Waals surface area contributed by atoms with E-state index >= 15 is 0 Å². The molecule has 0 aromatic heterocycles. The fourth-order valence-corrected chi connectivity index (χ4v) is 3.53. The maximum absolute atomic E-state index is 11.6. The van der Waals surface area contributed by atoms with Crippen LogP contribution in [0.5, 0.6) is 0 Å². The van der Waals surface area contributed by atoms with E-state index in [4.69, 9.17) is 0 Å². The molecule has 1 N–H and O–H groups in total. The van der Waals surface area contributed by atoms with Crippen molar-refractivity contribution < 1.29 is 91.9 Å². The summed E-state index contributed by atoms with van der Waals surface area (Å²) < 4.78 is 29.5. The Morgan fingerprint density at radius 2 is 1.45 bits per heavy atom. The molecule has 0 aliphatic carbocycles. The molecule has 0 aliphatic heterocycles. The minimum absolute atomic E-state index is 0. The zero-order valence-corrected chi connectivity index (χ0v) is 18.7. The summed E-state index contributed by atoms with van der Waals surface area (Å²) in [6, 6.07) is 0. The van der Waals surface area contributed by atoms with E-state index in [-0.39, 0.29) is 65.5 Å². The van der Waals surface area contributed by atoms with Crippen LogP contribution < -0.4 is 69.3 Å². The van der Waals surface area contributed by atoms with Gasteiger partial charge in [0.05, 0.1) is 5.97 Å². The number of unbranched alkanes of at least 4 members (excludes halogenated alkanes) is 3. The molecule has 0 aromatic carbocycles. The molecule has 1 atom stereocenters. The predicted molar refractivity (Wildman–Crippen MR) is 66.8 cm³/mol. The Morgan fingerprint density at radius 3 is 1.73 bits per heavy atom. The zero-order valence-electron chi connectivity index (χ0n) is 13.8. The molecule has 0 amide bonds. The van der Waals surface area contributed by atoms with E-state index in [0.717, 1.165) is 26.7 Å². The summed E-state index contributed by atoms with van der Waals surface area (Å²) in [7, 11) is -5.20. The van der Waals surface area contributed by atoms with Gasteiger partial charge in [0.25, 0.3) is 10.1 Å². The van der Waals surface area contributed by atoms with Crippen LogP contribution >= 0.6 is 0 Å². The van der Waals surface area contributed by atoms with Gasteiger partial charge in [-0.2, -0.15) is 8.42 Å². The van der Waals surface area contributed by atoms with Gasteiger partial charge >= 0.3 is 59.1 Å². The van der Waals surface area contributed by atoms with Crippen LogP contribution in [0.25, 0.3) is 0 Å². The first-order valence-electron chi connectivity index (χ1n) is 6.35. The maximum atomic E-state index is 11.6. The molecule has 0 spiro atoms. The molecule has 0 fully saturated rings. The molecule has 0 saturated carbocycles. The summed E-state index contributed by atoms with van der Waals surface area (Å²) in [6.45, 7) is 3.69. The third-order valence-electron chi connectivity index (χ3n) is 3.67. The third kappa shape index (κ3) is 5.73. The van der Waals surface area contributed by atoms with Crippen molar-refractivity contribution in [2.45, 2.75) is 57.6 Å². The van der Waals surface area contributed by atoms with Crippen LogP contribution in [0.2, 0.25) is 0 Å². The van der Waals surface area contributed by atoms with Gasteiger partial charge < -0.3 is 19.8 Å². The number of hydrogen-bond donors (Lipinski definition) is 1. The maximum Gasteiger partial charge on any atom is 1.00 e. The van der Waals surface area contributed by atoms with Gasteiger partial charge in [0.1, 0.15) is 4.75 Å². The Balaban J connectivity index is -0.00000180. The number of carbonyl (C=O) groups is 2. The summed E-state index contributed by atoms with van der Waals surface area (Å²) in [5.41, 5.74) is -2.33.